The van der Waals surface area contributed by atoms with Crippen molar-refractivity contribution in [2.75, 3.05) is 7.11 Å². The van der Waals surface area contributed by atoms with E-state index in [0.717, 1.165) is 22.4 Å². The van der Waals surface area contributed by atoms with Gasteiger partial charge in [-0.25, -0.2) is 4.79 Å². The van der Waals surface area contributed by atoms with E-state index in [0.29, 0.717) is 10.7 Å². The Hall–Kier alpha value is -1.88. The molecule has 1 aliphatic rings. The Morgan fingerprint density at radius 1 is 1.30 bits per heavy atom. The molecule has 1 aliphatic heterocycles. The van der Waals surface area contributed by atoms with Crippen LogP contribution >= 0.6 is 12.2 Å². The van der Waals surface area contributed by atoms with Gasteiger partial charge in [0.15, 0.2) is 5.11 Å². The van der Waals surface area contributed by atoms with Crippen LogP contribution in [0.5, 0.6) is 0 Å². The first-order valence-corrected chi connectivity index (χ1v) is 6.78. The van der Waals surface area contributed by atoms with Crippen molar-refractivity contribution in [1.29, 1.82) is 0 Å². The van der Waals surface area contributed by atoms with Crippen LogP contribution in [0.15, 0.2) is 29.5 Å². The molecule has 0 saturated heterocycles. The van der Waals surface area contributed by atoms with Crippen molar-refractivity contribution in [3.05, 3.63) is 46.2 Å². The predicted octanol–water partition coefficient (Wildman–Crippen LogP) is 2.27. The van der Waals surface area contributed by atoms with E-state index < -0.39 is 0 Å². The second kappa shape index (κ2) is 5.63. The van der Waals surface area contributed by atoms with E-state index >= 15 is 0 Å². The highest BCUT2D eigenvalue weighted by atomic mass is 32.1. The highest BCUT2D eigenvalue weighted by Gasteiger charge is 2.31. The van der Waals surface area contributed by atoms with Crippen molar-refractivity contribution in [2.45, 2.75) is 26.8 Å². The van der Waals surface area contributed by atoms with Crippen molar-refractivity contribution in [1.82, 2.24) is 10.6 Å². The van der Waals surface area contributed by atoms with Gasteiger partial charge >= 0.3 is 5.97 Å². The summed E-state index contributed by atoms with van der Waals surface area (Å²) >= 11 is 5.20. The molecular weight excluding hydrogens is 272 g/mol. The Balaban J connectivity index is 2.56. The summed E-state index contributed by atoms with van der Waals surface area (Å²) in [5.74, 6) is -0.351. The lowest BCUT2D eigenvalue weighted by Gasteiger charge is -2.30. The molecule has 1 aromatic rings. The Morgan fingerprint density at radius 3 is 2.65 bits per heavy atom. The second-order valence-corrected chi connectivity index (χ2v) is 5.33. The lowest BCUT2D eigenvalue weighted by atomic mass is 9.91. The van der Waals surface area contributed by atoms with Gasteiger partial charge in [-0.1, -0.05) is 23.8 Å². The van der Waals surface area contributed by atoms with Gasteiger partial charge in [0, 0.05) is 5.70 Å². The molecule has 5 heteroatoms. The summed E-state index contributed by atoms with van der Waals surface area (Å²) in [5.41, 5.74) is 4.57. The Labute approximate surface area is 124 Å². The predicted molar refractivity (Wildman–Crippen MR) is 82.2 cm³/mol. The van der Waals surface area contributed by atoms with E-state index in [9.17, 15) is 4.79 Å². The van der Waals surface area contributed by atoms with E-state index in [4.69, 9.17) is 17.0 Å². The average molecular weight is 290 g/mol. The molecule has 2 N–H and O–H groups in total. The van der Waals surface area contributed by atoms with Gasteiger partial charge < -0.3 is 15.4 Å². The van der Waals surface area contributed by atoms with Crippen LogP contribution in [0.3, 0.4) is 0 Å². The Morgan fingerprint density at radius 2 is 2.00 bits per heavy atom. The van der Waals surface area contributed by atoms with Gasteiger partial charge in [0.25, 0.3) is 0 Å². The molecular formula is C15H18N2O2S. The molecule has 0 saturated carbocycles. The number of benzene rings is 1. The van der Waals surface area contributed by atoms with Crippen LogP contribution in [-0.2, 0) is 9.53 Å². The number of aryl methyl sites for hydroxylation is 2. The molecule has 0 amide bonds. The third-order valence-corrected chi connectivity index (χ3v) is 3.64. The summed E-state index contributed by atoms with van der Waals surface area (Å²) in [5, 5.41) is 6.65. The number of rotatable bonds is 2. The average Bonchev–Trinajstić information content (AvgIpc) is 2.40. The van der Waals surface area contributed by atoms with Crippen LogP contribution in [-0.4, -0.2) is 18.2 Å². The minimum Gasteiger partial charge on any atom is -0.466 e. The molecule has 0 radical (unpaired) electrons. The van der Waals surface area contributed by atoms with Crippen molar-refractivity contribution in [3.8, 4) is 0 Å². The molecule has 20 heavy (non-hydrogen) atoms. The van der Waals surface area contributed by atoms with Gasteiger partial charge in [-0.15, -0.1) is 0 Å². The first kappa shape index (κ1) is 14.5. The third kappa shape index (κ3) is 2.67. The lowest BCUT2D eigenvalue weighted by molar-refractivity contribution is -0.136. The number of hydrogen-bond donors (Lipinski definition) is 2. The van der Waals surface area contributed by atoms with Crippen LogP contribution in [0.1, 0.15) is 29.7 Å². The van der Waals surface area contributed by atoms with E-state index in [2.05, 4.69) is 16.7 Å². The number of ether oxygens (including phenoxy) is 1. The maximum Gasteiger partial charge on any atom is 0.337 e. The van der Waals surface area contributed by atoms with E-state index in [1.165, 1.54) is 7.11 Å². The number of methoxy groups -OCH3 is 1. The molecule has 0 unspecified atom stereocenters. The zero-order valence-corrected chi connectivity index (χ0v) is 12.9. The SMILES string of the molecule is COC(=O)C1=C(C)NC(=S)N[C@H]1c1cc(C)ccc1C. The van der Waals surface area contributed by atoms with Crippen molar-refractivity contribution >= 4 is 23.3 Å². The summed E-state index contributed by atoms with van der Waals surface area (Å²) in [4.78, 5) is 12.1. The molecule has 0 aliphatic carbocycles. The first-order valence-electron chi connectivity index (χ1n) is 6.37. The second-order valence-electron chi connectivity index (χ2n) is 4.92. The zero-order chi connectivity index (χ0) is 14.9. The minimum absolute atomic E-state index is 0.281. The maximum atomic E-state index is 12.1. The first-order chi connectivity index (χ1) is 9.43. The molecule has 0 aromatic heterocycles. The summed E-state index contributed by atoms with van der Waals surface area (Å²) in [7, 11) is 1.38. The van der Waals surface area contributed by atoms with Crippen LogP contribution in [0.25, 0.3) is 0 Å². The number of nitrogens with one attached hydrogen (secondary N) is 2. The number of esters is 1. The van der Waals surface area contributed by atoms with Gasteiger partial charge in [-0.2, -0.15) is 0 Å². The van der Waals surface area contributed by atoms with Crippen LogP contribution < -0.4 is 10.6 Å². The van der Waals surface area contributed by atoms with Crippen molar-refractivity contribution < 1.29 is 9.53 Å². The molecule has 0 spiro atoms. The summed E-state index contributed by atoms with van der Waals surface area (Å²) in [6.45, 7) is 5.88. The fourth-order valence-electron chi connectivity index (χ4n) is 2.38. The van der Waals surface area contributed by atoms with Crippen LogP contribution in [0.4, 0.5) is 0 Å². The number of thiocarbonyl (C=S) groups is 1. The van der Waals surface area contributed by atoms with Crippen LogP contribution in [0, 0.1) is 13.8 Å². The lowest BCUT2D eigenvalue weighted by Crippen LogP contribution is -2.45. The fourth-order valence-corrected chi connectivity index (χ4v) is 2.65. The zero-order valence-electron chi connectivity index (χ0n) is 12.0. The normalized spacial score (nSPS) is 18.4. The molecule has 0 fully saturated rings. The van der Waals surface area contributed by atoms with E-state index in [1.54, 1.807) is 0 Å². The quantitative estimate of drug-likeness (QED) is 0.646. The number of carbonyl (C=O) groups excluding carboxylic acids is 1. The fraction of sp³-hybridized carbons (Fsp3) is 0.333. The molecule has 1 heterocycles. The number of carbonyl (C=O) groups is 1. The largest absolute Gasteiger partial charge is 0.466 e. The van der Waals surface area contributed by atoms with Gasteiger partial charge in [-0.05, 0) is 44.1 Å². The topological polar surface area (TPSA) is 50.4 Å². The van der Waals surface area contributed by atoms with Gasteiger partial charge in [-0.3, -0.25) is 0 Å². The van der Waals surface area contributed by atoms with Crippen molar-refractivity contribution in [2.24, 2.45) is 0 Å². The molecule has 1 atom stereocenters. The Bertz CT molecular complexity index is 608. The van der Waals surface area contributed by atoms with E-state index in [-0.39, 0.29) is 12.0 Å². The summed E-state index contributed by atoms with van der Waals surface area (Å²) in [6, 6.07) is 5.88. The summed E-state index contributed by atoms with van der Waals surface area (Å²) < 4.78 is 4.90. The van der Waals surface area contributed by atoms with E-state index in [1.807, 2.05) is 32.9 Å². The summed E-state index contributed by atoms with van der Waals surface area (Å²) in [6.07, 6.45) is 0. The highest BCUT2D eigenvalue weighted by molar-refractivity contribution is 7.80. The van der Waals surface area contributed by atoms with Crippen LogP contribution in [0.2, 0.25) is 0 Å². The standard InChI is InChI=1S/C15H18N2O2S/c1-8-5-6-9(2)11(7-8)13-12(14(18)19-4)10(3)16-15(20)17-13/h5-7,13H,1-4H3,(H2,16,17,20)/t13-/m0/s1. The molecule has 0 bridgehead atoms. The molecule has 4 nitrogen and oxygen atoms in total. The van der Waals surface area contributed by atoms with Gasteiger partial charge in [0.2, 0.25) is 0 Å². The monoisotopic (exact) mass is 290 g/mol. The smallest absolute Gasteiger partial charge is 0.337 e. The highest BCUT2D eigenvalue weighted by Crippen LogP contribution is 2.30. The maximum absolute atomic E-state index is 12.1. The minimum atomic E-state index is -0.351. The molecule has 1 aromatic carbocycles. The molecule has 2 rings (SSSR count). The van der Waals surface area contributed by atoms with Crippen molar-refractivity contribution in [3.63, 3.8) is 0 Å². The van der Waals surface area contributed by atoms with Gasteiger partial charge in [0.1, 0.15) is 0 Å². The molecule has 106 valence electrons. The number of hydrogen-bond acceptors (Lipinski definition) is 3. The number of allylic oxidation sites excluding steroid dienone is 1. The Kier molecular flexibility index (Phi) is 4.09. The third-order valence-electron chi connectivity index (χ3n) is 3.42. The van der Waals surface area contributed by atoms with Gasteiger partial charge in [0.05, 0.1) is 18.7 Å².